The van der Waals surface area contributed by atoms with Crippen LogP contribution in [0.3, 0.4) is 0 Å². The fourth-order valence-corrected chi connectivity index (χ4v) is 10.1. The van der Waals surface area contributed by atoms with Crippen LogP contribution in [0.4, 0.5) is 114 Å². The van der Waals surface area contributed by atoms with Crippen molar-refractivity contribution >= 4 is 53.2 Å². The van der Waals surface area contributed by atoms with E-state index in [9.17, 15) is 178 Å². The van der Waals surface area contributed by atoms with Crippen LogP contribution in [0.25, 0.3) is 0 Å². The number of rotatable bonds is 42. The highest BCUT2D eigenvalue weighted by atomic mass is 19.4. The minimum Gasteiger partial charge on any atom is -0.507 e. The first-order valence-corrected chi connectivity index (χ1v) is 46.3. The minimum atomic E-state index is -7.94. The van der Waals surface area contributed by atoms with Crippen molar-refractivity contribution in [1.29, 1.82) is 0 Å². The maximum atomic E-state index is 13.5. The molecule has 2 aromatic carbocycles. The lowest BCUT2D eigenvalue weighted by Gasteiger charge is -2.39. The van der Waals surface area contributed by atoms with Gasteiger partial charge in [-0.3, -0.25) is 43.2 Å². The molecular weight excluding hydrogens is 1990 g/mol. The van der Waals surface area contributed by atoms with Crippen LogP contribution in [0.15, 0.2) is 24.3 Å². The number of aliphatic hydroxyl groups is 2. The second kappa shape index (κ2) is 54.9. The molecule has 4 atom stereocenters. The smallest absolute Gasteiger partial charge is 0.460 e. The van der Waals surface area contributed by atoms with Crippen molar-refractivity contribution in [2.75, 3.05) is 39.6 Å². The van der Waals surface area contributed by atoms with Crippen molar-refractivity contribution < 1.29 is 206 Å². The van der Waals surface area contributed by atoms with Crippen molar-refractivity contribution in [2.45, 2.75) is 424 Å². The van der Waals surface area contributed by atoms with Gasteiger partial charge >= 0.3 is 107 Å². The highest BCUT2D eigenvalue weighted by Gasteiger charge is 2.92. The van der Waals surface area contributed by atoms with Crippen LogP contribution >= 0.6 is 0 Å². The molecule has 0 aromatic heterocycles. The van der Waals surface area contributed by atoms with Gasteiger partial charge in [-0.05, 0) is 189 Å². The van der Waals surface area contributed by atoms with Crippen molar-refractivity contribution in [1.82, 2.24) is 0 Å². The zero-order valence-corrected chi connectivity index (χ0v) is 88.8. The van der Waals surface area contributed by atoms with E-state index in [1.54, 1.807) is 48.5 Å². The number of Topliss-reactive ketones (excluding diaryl/α,β-unsaturated/α-hetero) is 3. The number of hydrogen-bond donors (Lipinski definition) is 4. The Bertz CT molecular complexity index is 4060. The molecule has 2 rings (SSSR count). The van der Waals surface area contributed by atoms with Crippen LogP contribution in [0.1, 0.15) is 339 Å². The second-order valence-electron chi connectivity index (χ2n) is 42.3. The molecule has 0 amide bonds. The highest BCUT2D eigenvalue weighted by molar-refractivity contribution is 5.81. The average Bonchev–Trinajstić information content (AvgIpc) is 0.712. The number of benzene rings is 2. The van der Waals surface area contributed by atoms with Gasteiger partial charge in [-0.15, -0.1) is 0 Å². The lowest BCUT2D eigenvalue weighted by Crippen LogP contribution is -2.70. The number of ketones is 3. The number of hydrogen-bond acceptors (Lipinski definition) is 19. The molecule has 144 heavy (non-hydrogen) atoms. The van der Waals surface area contributed by atoms with Gasteiger partial charge in [0.2, 0.25) is 0 Å². The molecule has 4 unspecified atom stereocenters. The fourth-order valence-electron chi connectivity index (χ4n) is 10.1. The van der Waals surface area contributed by atoms with Crippen LogP contribution < -0.4 is 0 Å². The van der Waals surface area contributed by atoms with E-state index < -0.39 is 155 Å². The molecule has 0 aliphatic rings. The van der Waals surface area contributed by atoms with Crippen LogP contribution in [-0.4, -0.2) is 197 Å². The summed E-state index contributed by atoms with van der Waals surface area (Å²) in [6.07, 6.45) is -16.7. The number of aliphatic hydroxyl groups excluding tert-OH is 2. The molecule has 0 heterocycles. The predicted octanol–water partition coefficient (Wildman–Crippen LogP) is 27.1. The molecule has 0 bridgehead atoms. The monoisotopic (exact) mass is 2140 g/mol. The molecule has 844 valence electrons. The summed E-state index contributed by atoms with van der Waals surface area (Å²) < 4.78 is 364. The fraction of sp³-hybridized carbons (Fsp3) is 0.788. The van der Waals surface area contributed by atoms with Crippen molar-refractivity contribution in [3.63, 3.8) is 0 Å². The Balaban J connectivity index is -0.000000555. The maximum absolute atomic E-state index is 13.5. The third-order valence-electron chi connectivity index (χ3n) is 24.0. The number of ether oxygens (including phenoxy) is 6. The molecule has 0 saturated heterocycles. The molecule has 19 nitrogen and oxygen atoms in total. The lowest BCUT2D eigenvalue weighted by atomic mass is 9.78. The van der Waals surface area contributed by atoms with Crippen molar-refractivity contribution in [2.24, 2.45) is 38.9 Å². The molecule has 0 saturated carbocycles. The third kappa shape index (κ3) is 41.5. The van der Waals surface area contributed by atoms with Gasteiger partial charge in [-0.25, -0.2) is 0 Å². The number of aromatic hydroxyl groups is 2. The maximum Gasteiger partial charge on any atom is 0.460 e. The Morgan fingerprint density at radius 3 is 0.646 bits per heavy atom. The quantitative estimate of drug-likeness (QED) is 0.0273. The standard InChI is InChI=1S/2C26H42O6.2C14H15F13O2.C7H14O.2C6H12O/c2*1-10-26(8,9)23(30)32-16-18(27)15-31-21(28)12-11-17-13-19(24(2,3)4)22(29)20(14-17)25(5,6)7;2*1-4-8(2,3)7(28)29-6-5-9(15,16)10(17,18)11(19,20)12(21,22)13(23,24)14(25,26)27;1-5-7(3,4)6(2)8;2*1-4-5(2)6(3)7/h2*13-14,18,27,29H,10-12,15-16H2,1-9H3;2*4-6H2,1-3H3;5H2,1-4H3;2*5H,4H2,1-3H3. The topological polar surface area (TPSA) is 290 Å². The summed E-state index contributed by atoms with van der Waals surface area (Å²) in [6, 6.07) is 7.78. The number of halogens is 26. The van der Waals surface area contributed by atoms with Gasteiger partial charge in [-0.1, -0.05) is 184 Å². The number of esters is 6. The van der Waals surface area contributed by atoms with Crippen LogP contribution in [0.5, 0.6) is 11.5 Å². The van der Waals surface area contributed by atoms with Gasteiger partial charge in [0.05, 0.1) is 47.7 Å². The summed E-state index contributed by atoms with van der Waals surface area (Å²) in [5.74, 6) is -76.5. The molecule has 0 fully saturated rings. The van der Waals surface area contributed by atoms with Gasteiger partial charge in [0.25, 0.3) is 0 Å². The van der Waals surface area contributed by atoms with E-state index >= 15 is 0 Å². The van der Waals surface area contributed by atoms with E-state index in [4.69, 9.17) is 18.9 Å². The SMILES string of the molecule is CCC(C)(C)C(=O)OCC(O)COC(=O)CCc1cc(C(C)(C)C)c(O)c(C(C)(C)C)c1.CCC(C)(C)C(=O)OCC(O)COC(=O)CCc1cc(C(C)(C)C)c(O)c(C(C)(C)C)c1.CCC(C)(C)C(=O)OCCC(F)(F)C(F)(F)C(F)(F)C(F)(F)C(F)(F)C(F)(F)F.CCC(C)(C)C(=O)OCCC(F)(F)C(F)(F)C(F)(F)C(F)(F)C(F)(F)C(F)(F)F.CCC(C)(C)C(C)=O.CCC(C)C(C)=O.CCC(C)C(C)=O. The number of alkyl halides is 26. The summed E-state index contributed by atoms with van der Waals surface area (Å²) >= 11 is 0. The van der Waals surface area contributed by atoms with Crippen LogP contribution in [0.2, 0.25) is 0 Å². The predicted molar refractivity (Wildman–Crippen MR) is 488 cm³/mol. The van der Waals surface area contributed by atoms with Gasteiger partial charge in [0.15, 0.2) is 0 Å². The summed E-state index contributed by atoms with van der Waals surface area (Å²) in [7, 11) is 0. The number of carbonyl (C=O) groups excluding carboxylic acids is 9. The molecule has 0 radical (unpaired) electrons. The molecule has 45 heteroatoms. The average molecular weight is 2140 g/mol. The van der Waals surface area contributed by atoms with E-state index in [0.29, 0.717) is 48.7 Å². The van der Waals surface area contributed by atoms with Gasteiger partial charge < -0.3 is 48.8 Å². The molecule has 0 spiro atoms. The Labute approximate surface area is 828 Å². The summed E-state index contributed by atoms with van der Waals surface area (Å²) in [4.78, 5) is 103. The van der Waals surface area contributed by atoms with E-state index in [-0.39, 0.29) is 109 Å². The normalized spacial score (nSPS) is 14.2. The zero-order valence-electron chi connectivity index (χ0n) is 88.8. The lowest BCUT2D eigenvalue weighted by molar-refractivity contribution is -0.440. The number of aryl methyl sites for hydroxylation is 2. The molecule has 2 aromatic rings. The third-order valence-corrected chi connectivity index (χ3v) is 24.0. The molecule has 0 aliphatic carbocycles. The summed E-state index contributed by atoms with van der Waals surface area (Å²) in [5, 5.41) is 41.6. The number of carbonyl (C=O) groups is 9. The minimum absolute atomic E-state index is 0.0508. The van der Waals surface area contributed by atoms with Gasteiger partial charge in [-0.2, -0.15) is 114 Å². The highest BCUT2D eigenvalue weighted by Crippen LogP contribution is 2.63. The van der Waals surface area contributed by atoms with E-state index in [1.165, 1.54) is 41.5 Å². The van der Waals surface area contributed by atoms with Crippen LogP contribution in [-0.2, 0) is 106 Å². The first-order chi connectivity index (χ1) is 63.7. The number of phenolic OH excluding ortho intramolecular Hbond substituents is 2. The number of phenols is 2. The summed E-state index contributed by atoms with van der Waals surface area (Å²) in [6.45, 7) is 57.6. The summed E-state index contributed by atoms with van der Waals surface area (Å²) in [5.41, 5.74) is 0.342. The Kier molecular flexibility index (Phi) is 55.1. The first kappa shape index (κ1) is 144. The van der Waals surface area contributed by atoms with E-state index in [1.807, 2.05) is 170 Å². The van der Waals surface area contributed by atoms with Gasteiger partial charge in [0, 0.05) is 30.1 Å². The first-order valence-electron chi connectivity index (χ1n) is 46.3. The second-order valence-corrected chi connectivity index (χ2v) is 42.3. The van der Waals surface area contributed by atoms with Crippen molar-refractivity contribution in [3.05, 3.63) is 57.6 Å². The van der Waals surface area contributed by atoms with Gasteiger partial charge in [0.1, 0.15) is 67.5 Å². The van der Waals surface area contributed by atoms with E-state index in [2.05, 4.69) is 9.47 Å². The zero-order chi connectivity index (χ0) is 116. The molecule has 0 aliphatic heterocycles. The Hall–Kier alpha value is -8.03. The Morgan fingerprint density at radius 2 is 0.486 bits per heavy atom. The molecule has 4 N–H and O–H groups in total. The Morgan fingerprint density at radius 1 is 0.292 bits per heavy atom. The van der Waals surface area contributed by atoms with Crippen molar-refractivity contribution in [3.8, 4) is 11.5 Å². The molecular formula is C99H152F26O19. The van der Waals surface area contributed by atoms with Crippen LogP contribution in [0, 0.1) is 38.9 Å². The van der Waals surface area contributed by atoms with E-state index in [0.717, 1.165) is 52.6 Å². The largest absolute Gasteiger partial charge is 0.507 e.